The number of halogens is 3. The molecule has 0 spiro atoms. The maximum Gasteiger partial charge on any atom is 0.416 e. The van der Waals surface area contributed by atoms with Gasteiger partial charge in [0.25, 0.3) is 5.91 Å². The van der Waals surface area contributed by atoms with Crippen LogP contribution in [0.1, 0.15) is 22.3 Å². The molecule has 0 aliphatic heterocycles. The largest absolute Gasteiger partial charge is 0.484 e. The first-order valence-corrected chi connectivity index (χ1v) is 10.3. The van der Waals surface area contributed by atoms with Gasteiger partial charge in [0.15, 0.2) is 6.61 Å². The molecule has 0 unspecified atom stereocenters. The average Bonchev–Trinajstić information content (AvgIpc) is 2.80. The summed E-state index contributed by atoms with van der Waals surface area (Å²) in [6.07, 6.45) is -3.32. The summed E-state index contributed by atoms with van der Waals surface area (Å²) in [5, 5.41) is 6.59. The number of carbonyl (C=O) groups excluding carboxylic acids is 2. The molecule has 2 N–H and O–H groups in total. The van der Waals surface area contributed by atoms with E-state index in [1.807, 2.05) is 25.1 Å². The van der Waals surface area contributed by atoms with Crippen molar-refractivity contribution in [1.82, 2.24) is 5.43 Å². The Kier molecular flexibility index (Phi) is 8.02. The lowest BCUT2D eigenvalue weighted by Crippen LogP contribution is -2.20. The molecule has 176 valence electrons. The summed E-state index contributed by atoms with van der Waals surface area (Å²) in [5.74, 6) is -0.357. The first kappa shape index (κ1) is 24.5. The monoisotopic (exact) mass is 469 g/mol. The Morgan fingerprint density at radius 1 is 0.971 bits per heavy atom. The van der Waals surface area contributed by atoms with Crippen molar-refractivity contribution in [3.8, 4) is 5.75 Å². The molecule has 0 radical (unpaired) electrons. The summed E-state index contributed by atoms with van der Waals surface area (Å²) in [7, 11) is 0. The van der Waals surface area contributed by atoms with E-state index in [-0.39, 0.29) is 24.5 Å². The van der Waals surface area contributed by atoms with E-state index in [9.17, 15) is 22.8 Å². The van der Waals surface area contributed by atoms with E-state index >= 15 is 0 Å². The van der Waals surface area contributed by atoms with E-state index in [0.29, 0.717) is 11.3 Å². The Morgan fingerprint density at radius 3 is 2.41 bits per heavy atom. The lowest BCUT2D eigenvalue weighted by Gasteiger charge is -2.09. The highest BCUT2D eigenvalue weighted by Crippen LogP contribution is 2.29. The van der Waals surface area contributed by atoms with Crippen LogP contribution in [0.3, 0.4) is 0 Å². The smallest absolute Gasteiger partial charge is 0.416 e. The molecule has 3 aromatic carbocycles. The molecule has 3 aromatic rings. The average molecular weight is 469 g/mol. The minimum atomic E-state index is -4.47. The van der Waals surface area contributed by atoms with Crippen molar-refractivity contribution in [2.24, 2.45) is 5.10 Å². The van der Waals surface area contributed by atoms with Crippen molar-refractivity contribution in [3.63, 3.8) is 0 Å². The Morgan fingerprint density at radius 2 is 1.71 bits per heavy atom. The van der Waals surface area contributed by atoms with Gasteiger partial charge < -0.3 is 10.1 Å². The van der Waals surface area contributed by atoms with Crippen LogP contribution in [0.25, 0.3) is 0 Å². The first-order chi connectivity index (χ1) is 16.2. The molecule has 0 bridgehead atoms. The van der Waals surface area contributed by atoms with Crippen molar-refractivity contribution in [2.45, 2.75) is 19.5 Å². The summed E-state index contributed by atoms with van der Waals surface area (Å²) >= 11 is 0. The molecule has 0 heterocycles. The van der Waals surface area contributed by atoms with Crippen LogP contribution in [0.2, 0.25) is 0 Å². The standard InChI is InChI=1S/C25H22F3N3O3/c1-17-5-2-3-8-22(17)30-24(33)16-34-21-11-9-18(10-12-21)15-29-31-23(32)14-19-6-4-7-20(13-19)25(26,27)28/h2-13,15H,14,16H2,1H3,(H,30,33)(H,31,32)/b29-15+. The van der Waals surface area contributed by atoms with E-state index in [1.165, 1.54) is 18.3 Å². The maximum atomic E-state index is 12.8. The van der Waals surface area contributed by atoms with Gasteiger partial charge in [0.1, 0.15) is 5.75 Å². The number of alkyl halides is 3. The highest BCUT2D eigenvalue weighted by Gasteiger charge is 2.30. The Labute approximate surface area is 194 Å². The fourth-order valence-electron chi connectivity index (χ4n) is 2.96. The van der Waals surface area contributed by atoms with Gasteiger partial charge in [0.05, 0.1) is 18.2 Å². The van der Waals surface area contributed by atoms with Gasteiger partial charge in [-0.25, -0.2) is 5.43 Å². The fraction of sp³-hybridized carbons (Fsp3) is 0.160. The van der Waals surface area contributed by atoms with E-state index < -0.39 is 17.6 Å². The van der Waals surface area contributed by atoms with Crippen LogP contribution in [0.5, 0.6) is 5.75 Å². The normalized spacial score (nSPS) is 11.3. The zero-order chi connectivity index (χ0) is 24.6. The molecule has 0 aliphatic carbocycles. The highest BCUT2D eigenvalue weighted by molar-refractivity contribution is 5.92. The molecule has 3 rings (SSSR count). The van der Waals surface area contributed by atoms with Gasteiger partial charge in [-0.3, -0.25) is 9.59 Å². The van der Waals surface area contributed by atoms with Gasteiger partial charge in [-0.05, 0) is 60.0 Å². The van der Waals surface area contributed by atoms with Crippen LogP contribution < -0.4 is 15.5 Å². The molecule has 0 aliphatic rings. The maximum absolute atomic E-state index is 12.8. The third-order valence-electron chi connectivity index (χ3n) is 4.69. The predicted octanol–water partition coefficient (Wildman–Crippen LogP) is 4.72. The number of amides is 2. The summed E-state index contributed by atoms with van der Waals surface area (Å²) in [6.45, 7) is 1.73. The van der Waals surface area contributed by atoms with E-state index in [2.05, 4.69) is 15.8 Å². The summed E-state index contributed by atoms with van der Waals surface area (Å²) < 4.78 is 43.8. The van der Waals surface area contributed by atoms with E-state index in [4.69, 9.17) is 4.74 Å². The fourth-order valence-corrected chi connectivity index (χ4v) is 2.96. The van der Waals surface area contributed by atoms with E-state index in [0.717, 1.165) is 23.4 Å². The number of para-hydroxylation sites is 1. The predicted molar refractivity (Wildman–Crippen MR) is 123 cm³/mol. The van der Waals surface area contributed by atoms with Crippen molar-refractivity contribution in [3.05, 3.63) is 95.1 Å². The molecule has 0 aromatic heterocycles. The van der Waals surface area contributed by atoms with Gasteiger partial charge in [-0.1, -0.05) is 36.4 Å². The molecule has 0 fully saturated rings. The number of hydrogen-bond acceptors (Lipinski definition) is 4. The Balaban J connectivity index is 1.45. The second kappa shape index (κ2) is 11.1. The van der Waals surface area contributed by atoms with E-state index in [1.54, 1.807) is 30.3 Å². The zero-order valence-corrected chi connectivity index (χ0v) is 18.2. The number of nitrogens with one attached hydrogen (secondary N) is 2. The first-order valence-electron chi connectivity index (χ1n) is 10.3. The summed E-state index contributed by atoms with van der Waals surface area (Å²) in [4.78, 5) is 24.0. The van der Waals surface area contributed by atoms with Crippen LogP contribution in [-0.2, 0) is 22.2 Å². The Bertz CT molecular complexity index is 1180. The lowest BCUT2D eigenvalue weighted by atomic mass is 10.1. The molecule has 0 atom stereocenters. The number of anilines is 1. The number of hydrazone groups is 1. The highest BCUT2D eigenvalue weighted by atomic mass is 19.4. The zero-order valence-electron chi connectivity index (χ0n) is 18.2. The quantitative estimate of drug-likeness (QED) is 0.370. The van der Waals surface area contributed by atoms with Crippen molar-refractivity contribution in [2.75, 3.05) is 11.9 Å². The van der Waals surface area contributed by atoms with Crippen molar-refractivity contribution >= 4 is 23.7 Å². The van der Waals surface area contributed by atoms with Gasteiger partial charge in [-0.15, -0.1) is 0 Å². The molecular formula is C25H22F3N3O3. The number of aryl methyl sites for hydroxylation is 1. The van der Waals surface area contributed by atoms with Crippen molar-refractivity contribution < 1.29 is 27.5 Å². The van der Waals surface area contributed by atoms with Crippen LogP contribution in [-0.4, -0.2) is 24.6 Å². The number of hydrogen-bond donors (Lipinski definition) is 2. The lowest BCUT2D eigenvalue weighted by molar-refractivity contribution is -0.137. The van der Waals surface area contributed by atoms with Gasteiger partial charge in [0, 0.05) is 5.69 Å². The number of carbonyl (C=O) groups is 2. The number of ether oxygens (including phenoxy) is 1. The van der Waals surface area contributed by atoms with Crippen LogP contribution in [0, 0.1) is 6.92 Å². The van der Waals surface area contributed by atoms with Crippen LogP contribution in [0.4, 0.5) is 18.9 Å². The molecule has 0 saturated carbocycles. The molecular weight excluding hydrogens is 447 g/mol. The molecule has 2 amide bonds. The topological polar surface area (TPSA) is 79.8 Å². The van der Waals surface area contributed by atoms with Crippen LogP contribution in [0.15, 0.2) is 77.9 Å². The molecule has 0 saturated heterocycles. The molecule has 34 heavy (non-hydrogen) atoms. The second-order valence-corrected chi connectivity index (χ2v) is 7.39. The van der Waals surface area contributed by atoms with Gasteiger partial charge in [0.2, 0.25) is 5.91 Å². The minimum Gasteiger partial charge on any atom is -0.484 e. The van der Waals surface area contributed by atoms with Gasteiger partial charge >= 0.3 is 6.18 Å². The summed E-state index contributed by atoms with van der Waals surface area (Å²) in [6, 6.07) is 18.6. The second-order valence-electron chi connectivity index (χ2n) is 7.39. The number of rotatable bonds is 8. The SMILES string of the molecule is Cc1ccccc1NC(=O)COc1ccc(/C=N/NC(=O)Cc2cccc(C(F)(F)F)c2)cc1. The number of nitrogens with zero attached hydrogens (tertiary/aromatic N) is 1. The molecule has 9 heteroatoms. The van der Waals surface area contributed by atoms with Gasteiger partial charge in [-0.2, -0.15) is 18.3 Å². The Hall–Kier alpha value is -4.14. The third-order valence-corrected chi connectivity index (χ3v) is 4.69. The summed E-state index contributed by atoms with van der Waals surface area (Å²) in [5.41, 5.74) is 4.02. The molecule has 6 nitrogen and oxygen atoms in total. The minimum absolute atomic E-state index is 0.159. The van der Waals surface area contributed by atoms with Crippen LogP contribution >= 0.6 is 0 Å². The number of benzene rings is 3. The third kappa shape index (κ3) is 7.47. The van der Waals surface area contributed by atoms with Crippen molar-refractivity contribution in [1.29, 1.82) is 0 Å².